The smallest absolute Gasteiger partial charge is 0.304 e. The van der Waals surface area contributed by atoms with Crippen LogP contribution >= 0.6 is 46.4 Å². The molecule has 1 fully saturated rings. The molecule has 1 saturated heterocycles. The molecule has 4 rings (SSSR count). The van der Waals surface area contributed by atoms with E-state index in [0.29, 0.717) is 31.2 Å². The number of amides is 2. The van der Waals surface area contributed by atoms with Gasteiger partial charge in [-0.25, -0.2) is 0 Å². The molecule has 32 heavy (non-hydrogen) atoms. The van der Waals surface area contributed by atoms with Crippen molar-refractivity contribution >= 4 is 64.4 Å². The van der Waals surface area contributed by atoms with Gasteiger partial charge in [-0.3, -0.25) is 9.59 Å². The van der Waals surface area contributed by atoms with E-state index in [-0.39, 0.29) is 5.91 Å². The number of nitrogens with zero attached hydrogens (tertiary/aromatic N) is 1. The largest absolute Gasteiger partial charge is 0.334 e. The summed E-state index contributed by atoms with van der Waals surface area (Å²) in [5.41, 5.74) is 4.62. The molecular formula is C23H16Cl4N3O2+. The highest BCUT2D eigenvalue weighted by Crippen LogP contribution is 2.28. The van der Waals surface area contributed by atoms with E-state index in [9.17, 15) is 9.59 Å². The minimum absolute atomic E-state index is 0.367. The lowest BCUT2D eigenvalue weighted by molar-refractivity contribution is -0.596. The fraction of sp³-hybridized carbons (Fsp3) is 0.0870. The van der Waals surface area contributed by atoms with Gasteiger partial charge < -0.3 is 5.32 Å². The summed E-state index contributed by atoms with van der Waals surface area (Å²) in [6.45, 7) is 0. The van der Waals surface area contributed by atoms with E-state index in [2.05, 4.69) is 10.7 Å². The summed E-state index contributed by atoms with van der Waals surface area (Å²) < 4.78 is 1.62. The fourth-order valence-electron chi connectivity index (χ4n) is 3.42. The molecule has 9 heteroatoms. The second-order valence-electron chi connectivity index (χ2n) is 7.13. The molecular weight excluding hydrogens is 492 g/mol. The number of hydrogen-bond acceptors (Lipinski definition) is 2. The molecule has 1 aliphatic heterocycles. The molecule has 3 aromatic carbocycles. The quantitative estimate of drug-likeness (QED) is 0.469. The molecule has 2 N–H and O–H groups in total. The first kappa shape index (κ1) is 22.6. The Bertz CT molecular complexity index is 1210. The molecule has 0 radical (unpaired) electrons. The first-order chi connectivity index (χ1) is 15.3. The lowest BCUT2D eigenvalue weighted by atomic mass is 10.00. The molecule has 0 saturated carbocycles. The monoisotopic (exact) mass is 506 g/mol. The summed E-state index contributed by atoms with van der Waals surface area (Å²) in [7, 11) is 0. The van der Waals surface area contributed by atoms with Gasteiger partial charge in [0.05, 0.1) is 10.6 Å². The maximum Gasteiger partial charge on any atom is 0.304 e. The van der Waals surface area contributed by atoms with E-state index >= 15 is 0 Å². The highest BCUT2D eigenvalue weighted by atomic mass is 35.5. The zero-order valence-electron chi connectivity index (χ0n) is 16.4. The standard InChI is InChI=1S/C23H15Cl4N3O2/c24-16-6-1-13(2-7-16)21-20(28-22(31)14-3-8-17(25)9-4-14)23(32)29-30(21)12-15-5-10-18(26)11-19(15)27/h1-12,20-21H,(H-,28,29,31,32)/p+1/b30-12-/t20-,21-/m0/s1. The van der Waals surface area contributed by atoms with Crippen LogP contribution in [0.3, 0.4) is 0 Å². The van der Waals surface area contributed by atoms with Crippen LogP contribution in [0.4, 0.5) is 0 Å². The molecule has 0 bridgehead atoms. The van der Waals surface area contributed by atoms with Crippen LogP contribution in [-0.2, 0) is 4.79 Å². The molecule has 1 aliphatic rings. The van der Waals surface area contributed by atoms with Gasteiger partial charge in [-0.15, -0.1) is 10.1 Å². The lowest BCUT2D eigenvalue weighted by Crippen LogP contribution is -2.42. The van der Waals surface area contributed by atoms with Crippen molar-refractivity contribution in [2.45, 2.75) is 12.1 Å². The van der Waals surface area contributed by atoms with E-state index in [1.165, 1.54) is 0 Å². The third-order valence-corrected chi connectivity index (χ3v) is 6.05. The zero-order valence-corrected chi connectivity index (χ0v) is 19.4. The Morgan fingerprint density at radius 1 is 0.875 bits per heavy atom. The summed E-state index contributed by atoms with van der Waals surface area (Å²) in [6.07, 6.45) is 1.70. The van der Waals surface area contributed by atoms with Crippen LogP contribution in [0.5, 0.6) is 0 Å². The van der Waals surface area contributed by atoms with Crippen LogP contribution in [0.25, 0.3) is 0 Å². The number of carbonyl (C=O) groups excluding carboxylic acids is 2. The van der Waals surface area contributed by atoms with Crippen molar-refractivity contribution in [3.8, 4) is 0 Å². The van der Waals surface area contributed by atoms with Gasteiger partial charge in [0.2, 0.25) is 12.3 Å². The minimum atomic E-state index is -0.873. The van der Waals surface area contributed by atoms with Crippen LogP contribution in [0.1, 0.15) is 27.5 Å². The van der Waals surface area contributed by atoms with Gasteiger partial charge in [0, 0.05) is 26.2 Å². The second kappa shape index (κ2) is 9.51. The number of benzene rings is 3. The van der Waals surface area contributed by atoms with E-state index in [4.69, 9.17) is 46.4 Å². The number of hydrazone groups is 1. The van der Waals surface area contributed by atoms with Crippen molar-refractivity contribution in [2.75, 3.05) is 0 Å². The molecule has 2 atom stereocenters. The molecule has 0 spiro atoms. The van der Waals surface area contributed by atoms with Crippen molar-refractivity contribution < 1.29 is 14.3 Å². The Morgan fingerprint density at radius 3 is 2.09 bits per heavy atom. The van der Waals surface area contributed by atoms with E-state index < -0.39 is 18.0 Å². The summed E-state index contributed by atoms with van der Waals surface area (Å²) in [4.78, 5) is 25.7. The third kappa shape index (κ3) is 4.92. The Morgan fingerprint density at radius 2 is 1.47 bits per heavy atom. The van der Waals surface area contributed by atoms with Crippen LogP contribution in [0, 0.1) is 0 Å². The normalized spacial score (nSPS) is 19.1. The average molecular weight is 508 g/mol. The first-order valence-corrected chi connectivity index (χ1v) is 11.0. The first-order valence-electron chi connectivity index (χ1n) is 9.52. The third-order valence-electron chi connectivity index (χ3n) is 4.98. The number of rotatable bonds is 4. The number of hydrogen-bond donors (Lipinski definition) is 2. The molecule has 5 nitrogen and oxygen atoms in total. The second-order valence-corrected chi connectivity index (χ2v) is 8.85. The summed E-state index contributed by atoms with van der Waals surface area (Å²) in [5.74, 6) is -0.763. The van der Waals surface area contributed by atoms with Crippen molar-refractivity contribution in [1.29, 1.82) is 0 Å². The van der Waals surface area contributed by atoms with Gasteiger partial charge in [0.1, 0.15) is 0 Å². The Hall–Kier alpha value is -2.57. The SMILES string of the molecule is O=C(N[C@@H]1C(=O)N/[N+](=C\c2ccc(Cl)cc2Cl)[C@H]1c1ccc(Cl)cc1)c1ccc(Cl)cc1. The van der Waals surface area contributed by atoms with Gasteiger partial charge in [-0.1, -0.05) is 58.5 Å². The number of carbonyl (C=O) groups is 2. The number of nitrogens with one attached hydrogen (secondary N) is 2. The lowest BCUT2D eigenvalue weighted by Gasteiger charge is -2.15. The van der Waals surface area contributed by atoms with E-state index in [1.807, 2.05) is 0 Å². The minimum Gasteiger partial charge on any atom is -0.334 e. The Labute approximate surface area is 204 Å². The molecule has 3 aromatic rings. The van der Waals surface area contributed by atoms with Gasteiger partial charge >= 0.3 is 5.91 Å². The molecule has 0 aromatic heterocycles. The average Bonchev–Trinajstić information content (AvgIpc) is 3.06. The number of hydrazine groups is 1. The van der Waals surface area contributed by atoms with Crippen molar-refractivity contribution in [3.05, 3.63) is 104 Å². The highest BCUT2D eigenvalue weighted by molar-refractivity contribution is 6.36. The summed E-state index contributed by atoms with van der Waals surface area (Å²) >= 11 is 24.3. The predicted octanol–water partition coefficient (Wildman–Crippen LogP) is 5.32. The van der Waals surface area contributed by atoms with Crippen molar-refractivity contribution in [3.63, 3.8) is 0 Å². The fourth-order valence-corrected chi connectivity index (χ4v) is 4.13. The van der Waals surface area contributed by atoms with Crippen LogP contribution in [0.2, 0.25) is 20.1 Å². The molecule has 2 amide bonds. The molecule has 1 heterocycles. The molecule has 0 unspecified atom stereocenters. The topological polar surface area (TPSA) is 61.2 Å². The number of halogens is 4. The summed E-state index contributed by atoms with van der Waals surface area (Å²) in [5, 5.41) is 4.82. The van der Waals surface area contributed by atoms with Crippen LogP contribution in [-0.4, -0.2) is 28.8 Å². The van der Waals surface area contributed by atoms with E-state index in [0.717, 1.165) is 5.56 Å². The van der Waals surface area contributed by atoms with Gasteiger partial charge in [0.15, 0.2) is 6.04 Å². The highest BCUT2D eigenvalue weighted by Gasteiger charge is 2.47. The van der Waals surface area contributed by atoms with Gasteiger partial charge in [-0.2, -0.15) is 0 Å². The van der Waals surface area contributed by atoms with E-state index in [1.54, 1.807) is 77.6 Å². The Kier molecular flexibility index (Phi) is 6.72. The zero-order chi connectivity index (χ0) is 22.8. The predicted molar refractivity (Wildman–Crippen MR) is 127 cm³/mol. The maximum atomic E-state index is 12.9. The van der Waals surface area contributed by atoms with Crippen molar-refractivity contribution in [2.24, 2.45) is 0 Å². The van der Waals surface area contributed by atoms with Crippen LogP contribution in [0.15, 0.2) is 66.7 Å². The van der Waals surface area contributed by atoms with Gasteiger partial charge in [-0.05, 0) is 54.6 Å². The van der Waals surface area contributed by atoms with Crippen molar-refractivity contribution in [1.82, 2.24) is 10.7 Å². The molecule has 162 valence electrons. The van der Waals surface area contributed by atoms with Gasteiger partial charge in [0.25, 0.3) is 5.91 Å². The summed E-state index contributed by atoms with van der Waals surface area (Å²) in [6, 6.07) is 17.1. The molecule has 0 aliphatic carbocycles. The maximum absolute atomic E-state index is 12.9. The van der Waals surface area contributed by atoms with Crippen LogP contribution < -0.4 is 10.7 Å². The Balaban J connectivity index is 1.72.